The van der Waals surface area contributed by atoms with Crippen LogP contribution in [0.3, 0.4) is 0 Å². The van der Waals surface area contributed by atoms with Crippen molar-refractivity contribution in [3.8, 4) is 0 Å². The molecule has 0 aromatic carbocycles. The van der Waals surface area contributed by atoms with Gasteiger partial charge in [0, 0.05) is 7.11 Å². The van der Waals surface area contributed by atoms with E-state index >= 15 is 0 Å². The molecule has 74 valence electrons. The second-order valence-corrected chi connectivity index (χ2v) is 3.91. The van der Waals surface area contributed by atoms with E-state index in [4.69, 9.17) is 17.3 Å². The quantitative estimate of drug-likeness (QED) is 0.618. The lowest BCUT2D eigenvalue weighted by Gasteiger charge is -2.19. The maximum atomic E-state index is 13.3. The Morgan fingerprint density at radius 1 is 1.54 bits per heavy atom. The Morgan fingerprint density at radius 3 is 2.62 bits per heavy atom. The molecule has 1 aliphatic rings. The van der Waals surface area contributed by atoms with Crippen LogP contribution in [0.5, 0.6) is 0 Å². The Hall–Kier alpha value is -0.0851. The lowest BCUT2D eigenvalue weighted by molar-refractivity contribution is -0.00692. The normalized spacial score (nSPS) is 40.1. The van der Waals surface area contributed by atoms with E-state index in [9.17, 15) is 4.39 Å². The molecule has 0 amide bonds. The van der Waals surface area contributed by atoms with E-state index in [1.807, 2.05) is 0 Å². The molecule has 2 radical (unpaired) electrons. The first-order chi connectivity index (χ1) is 6.06. The molecule has 1 aliphatic heterocycles. The van der Waals surface area contributed by atoms with Crippen LogP contribution in [0.25, 0.3) is 0 Å². The molecule has 13 heavy (non-hydrogen) atoms. The van der Waals surface area contributed by atoms with Crippen LogP contribution in [0.15, 0.2) is 0 Å². The smallest absolute Gasteiger partial charge is 0.146 e. The molecule has 3 unspecified atom stereocenters. The van der Waals surface area contributed by atoms with Gasteiger partial charge in [0.15, 0.2) is 0 Å². The summed E-state index contributed by atoms with van der Waals surface area (Å²) in [5.74, 6) is 0.458. The highest BCUT2D eigenvalue weighted by molar-refractivity contribution is 6.11. The monoisotopic (exact) mass is 186 g/mol. The van der Waals surface area contributed by atoms with Gasteiger partial charge in [-0.25, -0.2) is 4.39 Å². The zero-order valence-corrected chi connectivity index (χ0v) is 8.37. The minimum absolute atomic E-state index is 0.199. The molecular formula is C9H16BFO2. The van der Waals surface area contributed by atoms with Gasteiger partial charge in [0.1, 0.15) is 20.1 Å². The lowest BCUT2D eigenvalue weighted by atomic mass is 9.93. The molecule has 0 bridgehead atoms. The zero-order chi connectivity index (χ0) is 10.0. The van der Waals surface area contributed by atoms with Crippen LogP contribution in [0.2, 0.25) is 0 Å². The van der Waals surface area contributed by atoms with E-state index in [1.165, 1.54) is 7.11 Å². The first-order valence-electron chi connectivity index (χ1n) is 4.64. The molecule has 1 fully saturated rings. The Bertz CT molecular complexity index is 164. The van der Waals surface area contributed by atoms with Gasteiger partial charge < -0.3 is 9.47 Å². The third-order valence-corrected chi connectivity index (χ3v) is 2.30. The van der Waals surface area contributed by atoms with Gasteiger partial charge in [0.2, 0.25) is 0 Å². The van der Waals surface area contributed by atoms with Crippen molar-refractivity contribution in [2.24, 2.45) is 5.92 Å². The molecule has 1 rings (SSSR count). The third-order valence-electron chi connectivity index (χ3n) is 2.30. The third kappa shape index (κ3) is 2.44. The fourth-order valence-corrected chi connectivity index (χ4v) is 1.68. The van der Waals surface area contributed by atoms with Crippen molar-refractivity contribution < 1.29 is 13.9 Å². The fraction of sp³-hybridized carbons (Fsp3) is 1.00. The second-order valence-electron chi connectivity index (χ2n) is 3.91. The van der Waals surface area contributed by atoms with E-state index in [0.29, 0.717) is 5.92 Å². The number of ether oxygens (including phenoxy) is 2. The predicted octanol–water partition coefficient (Wildman–Crippen LogP) is 1.28. The summed E-state index contributed by atoms with van der Waals surface area (Å²) in [5.41, 5.74) is 0. The van der Waals surface area contributed by atoms with E-state index < -0.39 is 18.3 Å². The number of hydrogen-bond donors (Lipinski definition) is 0. The molecule has 0 aromatic rings. The highest BCUT2D eigenvalue weighted by Gasteiger charge is 2.42. The molecule has 1 heterocycles. The van der Waals surface area contributed by atoms with Gasteiger partial charge in [0.05, 0.1) is 12.1 Å². The average molecular weight is 186 g/mol. The van der Waals surface area contributed by atoms with Crippen LogP contribution >= 0.6 is 0 Å². The second kappa shape index (κ2) is 4.42. The van der Waals surface area contributed by atoms with Crippen LogP contribution in [0, 0.1) is 5.92 Å². The Balaban J connectivity index is 2.54. The van der Waals surface area contributed by atoms with Crippen LogP contribution in [-0.4, -0.2) is 39.3 Å². The molecule has 4 atom stereocenters. The van der Waals surface area contributed by atoms with Gasteiger partial charge in [0.25, 0.3) is 0 Å². The molecule has 0 N–H and O–H groups in total. The molecule has 1 saturated heterocycles. The zero-order valence-electron chi connectivity index (χ0n) is 8.37. The van der Waals surface area contributed by atoms with Crippen LogP contribution in [-0.2, 0) is 9.47 Å². The minimum Gasteiger partial charge on any atom is -0.379 e. The van der Waals surface area contributed by atoms with E-state index in [0.717, 1.165) is 6.42 Å². The molecule has 0 spiro atoms. The first kappa shape index (κ1) is 11.0. The van der Waals surface area contributed by atoms with Gasteiger partial charge in [-0.1, -0.05) is 13.8 Å². The van der Waals surface area contributed by atoms with Gasteiger partial charge in [-0.2, -0.15) is 0 Å². The summed E-state index contributed by atoms with van der Waals surface area (Å²) in [6, 6.07) is -0.825. The number of methoxy groups -OCH3 is 1. The molecule has 0 aromatic heterocycles. The lowest BCUT2D eigenvalue weighted by Crippen LogP contribution is -2.32. The van der Waals surface area contributed by atoms with Crippen molar-refractivity contribution in [3.05, 3.63) is 0 Å². The summed E-state index contributed by atoms with van der Waals surface area (Å²) in [6.45, 7) is 4.13. The summed E-state index contributed by atoms with van der Waals surface area (Å²) in [7, 11) is 6.93. The molecule has 0 aliphatic carbocycles. The molecule has 4 heteroatoms. The molecular weight excluding hydrogens is 170 g/mol. The maximum absolute atomic E-state index is 13.3. The number of halogens is 1. The van der Waals surface area contributed by atoms with Crippen LogP contribution in [0.4, 0.5) is 4.39 Å². The summed E-state index contributed by atoms with van der Waals surface area (Å²) < 4.78 is 23.6. The summed E-state index contributed by atoms with van der Waals surface area (Å²) in [6.07, 6.45) is -1.12. The van der Waals surface area contributed by atoms with Gasteiger partial charge in [-0.15, -0.1) is 0 Å². The largest absolute Gasteiger partial charge is 0.379 e. The number of rotatable bonds is 3. The predicted molar refractivity (Wildman–Crippen MR) is 49.6 cm³/mol. The van der Waals surface area contributed by atoms with E-state index in [-0.39, 0.29) is 6.10 Å². The van der Waals surface area contributed by atoms with Crippen LogP contribution in [0.1, 0.15) is 20.3 Å². The average Bonchev–Trinajstić information content (AvgIpc) is 2.27. The summed E-state index contributed by atoms with van der Waals surface area (Å²) in [4.78, 5) is 0. The maximum Gasteiger partial charge on any atom is 0.146 e. The molecule has 0 saturated carbocycles. The van der Waals surface area contributed by atoms with Crippen molar-refractivity contribution in [3.63, 3.8) is 0 Å². The van der Waals surface area contributed by atoms with Gasteiger partial charge in [-0.05, 0) is 12.3 Å². The van der Waals surface area contributed by atoms with Gasteiger partial charge >= 0.3 is 0 Å². The van der Waals surface area contributed by atoms with E-state index in [1.54, 1.807) is 0 Å². The van der Waals surface area contributed by atoms with Crippen molar-refractivity contribution in [2.45, 2.75) is 44.7 Å². The van der Waals surface area contributed by atoms with Crippen molar-refractivity contribution in [2.75, 3.05) is 7.11 Å². The summed E-state index contributed by atoms with van der Waals surface area (Å²) >= 11 is 0. The van der Waals surface area contributed by atoms with Crippen molar-refractivity contribution >= 4 is 7.85 Å². The molecule has 2 nitrogen and oxygen atoms in total. The summed E-state index contributed by atoms with van der Waals surface area (Å²) in [5, 5.41) is 0. The number of alkyl halides is 1. The highest BCUT2D eigenvalue weighted by atomic mass is 19.1. The Kier molecular flexibility index (Phi) is 3.74. The Morgan fingerprint density at radius 2 is 2.15 bits per heavy atom. The van der Waals surface area contributed by atoms with Crippen LogP contribution < -0.4 is 0 Å². The number of hydrogen-bond acceptors (Lipinski definition) is 2. The van der Waals surface area contributed by atoms with E-state index in [2.05, 4.69) is 13.8 Å². The highest BCUT2D eigenvalue weighted by Crippen LogP contribution is 2.28. The Labute approximate surface area is 80.2 Å². The van der Waals surface area contributed by atoms with Crippen molar-refractivity contribution in [1.29, 1.82) is 0 Å². The standard InChI is InChI=1S/C9H16BFO2/c1-5(2)4-6-8(12-3)7(11)9(10)13-6/h5-9H,4H2,1-3H3/t6?,7?,8-,9?/m1/s1. The van der Waals surface area contributed by atoms with Gasteiger partial charge in [-0.3, -0.25) is 0 Å². The SMILES string of the molecule is [B]C1OC(CC(C)C)[C@@H](OC)C1F. The first-order valence-corrected chi connectivity index (χ1v) is 4.64. The fourth-order valence-electron chi connectivity index (χ4n) is 1.68. The topological polar surface area (TPSA) is 18.5 Å². The minimum atomic E-state index is -1.20. The van der Waals surface area contributed by atoms with Crippen molar-refractivity contribution in [1.82, 2.24) is 0 Å².